The first-order chi connectivity index (χ1) is 9.95. The van der Waals surface area contributed by atoms with Gasteiger partial charge in [0, 0.05) is 14.6 Å². The Hall–Kier alpha value is -1.33. The van der Waals surface area contributed by atoms with E-state index < -0.39 is 0 Å². The molecule has 2 rings (SSSR count). The highest BCUT2D eigenvalue weighted by Gasteiger charge is 2.14. The molecule has 0 bridgehead atoms. The fourth-order valence-corrected chi connectivity index (χ4v) is 2.68. The molecule has 3 nitrogen and oxygen atoms in total. The monoisotopic (exact) mass is 410 g/mol. The van der Waals surface area contributed by atoms with Crippen LogP contribution in [0.5, 0.6) is 0 Å². The molecule has 2 N–H and O–H groups in total. The van der Waals surface area contributed by atoms with Crippen molar-refractivity contribution in [2.24, 2.45) is 0 Å². The van der Waals surface area contributed by atoms with Crippen LogP contribution in [0, 0.1) is 6.92 Å². The Morgan fingerprint density at radius 1 is 1.10 bits per heavy atom. The molecule has 0 spiro atoms. The largest absolute Gasteiger partial charge is 0.374 e. The minimum Gasteiger partial charge on any atom is -0.374 e. The van der Waals surface area contributed by atoms with Crippen LogP contribution in [0.2, 0.25) is 0 Å². The van der Waals surface area contributed by atoms with Gasteiger partial charge < -0.3 is 10.6 Å². The smallest absolute Gasteiger partial charge is 0.246 e. The van der Waals surface area contributed by atoms with E-state index >= 15 is 0 Å². The predicted octanol–water partition coefficient (Wildman–Crippen LogP) is 4.96. The van der Waals surface area contributed by atoms with E-state index in [1.165, 1.54) is 0 Å². The van der Waals surface area contributed by atoms with Crippen LogP contribution in [0.1, 0.15) is 12.5 Å². The molecule has 0 heterocycles. The Morgan fingerprint density at radius 2 is 1.76 bits per heavy atom. The minimum absolute atomic E-state index is 0.0810. The van der Waals surface area contributed by atoms with E-state index in [1.54, 1.807) is 0 Å². The number of amides is 1. The molecule has 0 fully saturated rings. The number of nitrogens with one attached hydrogen (secondary N) is 2. The van der Waals surface area contributed by atoms with Gasteiger partial charge in [-0.05, 0) is 71.7 Å². The third-order valence-electron chi connectivity index (χ3n) is 3.00. The molecule has 0 radical (unpaired) electrons. The normalized spacial score (nSPS) is 11.8. The number of carbonyl (C=O) groups is 1. The maximum Gasteiger partial charge on any atom is 0.246 e. The van der Waals surface area contributed by atoms with E-state index in [2.05, 4.69) is 42.5 Å². The van der Waals surface area contributed by atoms with Crippen LogP contribution in [-0.2, 0) is 4.79 Å². The van der Waals surface area contributed by atoms with Gasteiger partial charge in [-0.2, -0.15) is 0 Å². The SMILES string of the molecule is Cc1ccc(NC(=O)C(C)Nc2ccc(Br)cc2)c(Br)c1. The zero-order valence-electron chi connectivity index (χ0n) is 11.8. The van der Waals surface area contributed by atoms with E-state index in [9.17, 15) is 4.79 Å². The van der Waals surface area contributed by atoms with Crippen molar-refractivity contribution in [3.8, 4) is 0 Å². The first kappa shape index (κ1) is 16.0. The second-order valence-electron chi connectivity index (χ2n) is 4.85. The lowest BCUT2D eigenvalue weighted by Gasteiger charge is -2.16. The molecule has 0 aromatic heterocycles. The zero-order chi connectivity index (χ0) is 15.4. The number of carbonyl (C=O) groups excluding carboxylic acids is 1. The van der Waals surface area contributed by atoms with Gasteiger partial charge in [-0.3, -0.25) is 4.79 Å². The van der Waals surface area contributed by atoms with Gasteiger partial charge in [0.2, 0.25) is 5.91 Å². The summed E-state index contributed by atoms with van der Waals surface area (Å²) < 4.78 is 1.89. The number of rotatable bonds is 4. The van der Waals surface area contributed by atoms with E-state index in [4.69, 9.17) is 0 Å². The molecule has 110 valence electrons. The second-order valence-corrected chi connectivity index (χ2v) is 6.62. The van der Waals surface area contributed by atoms with Crippen molar-refractivity contribution in [3.05, 3.63) is 57.0 Å². The quantitative estimate of drug-likeness (QED) is 0.746. The number of hydrogen-bond acceptors (Lipinski definition) is 2. The van der Waals surface area contributed by atoms with Gasteiger partial charge in [-0.25, -0.2) is 0 Å². The number of halogens is 2. The molecule has 1 atom stereocenters. The topological polar surface area (TPSA) is 41.1 Å². The van der Waals surface area contributed by atoms with E-state index in [1.807, 2.05) is 56.3 Å². The van der Waals surface area contributed by atoms with Crippen molar-refractivity contribution >= 4 is 49.1 Å². The highest BCUT2D eigenvalue weighted by Crippen LogP contribution is 2.23. The maximum absolute atomic E-state index is 12.2. The van der Waals surface area contributed by atoms with Crippen molar-refractivity contribution in [1.29, 1.82) is 0 Å². The van der Waals surface area contributed by atoms with Crippen molar-refractivity contribution in [3.63, 3.8) is 0 Å². The van der Waals surface area contributed by atoms with Crippen LogP contribution < -0.4 is 10.6 Å². The third kappa shape index (κ3) is 4.58. The summed E-state index contributed by atoms with van der Waals surface area (Å²) in [5.74, 6) is -0.0810. The average Bonchev–Trinajstić information content (AvgIpc) is 2.44. The molecule has 0 saturated heterocycles. The Morgan fingerprint density at radius 3 is 2.38 bits per heavy atom. The third-order valence-corrected chi connectivity index (χ3v) is 4.19. The molecule has 0 saturated carbocycles. The zero-order valence-corrected chi connectivity index (χ0v) is 15.0. The molecule has 0 aliphatic rings. The van der Waals surface area contributed by atoms with Crippen molar-refractivity contribution in [2.45, 2.75) is 19.9 Å². The van der Waals surface area contributed by atoms with Crippen LogP contribution in [0.4, 0.5) is 11.4 Å². The van der Waals surface area contributed by atoms with E-state index in [-0.39, 0.29) is 11.9 Å². The number of anilines is 2. The standard InChI is InChI=1S/C16H16Br2N2O/c1-10-3-8-15(14(18)9-10)20-16(21)11(2)19-13-6-4-12(17)5-7-13/h3-9,11,19H,1-2H3,(H,20,21). The molecular formula is C16H16Br2N2O. The lowest BCUT2D eigenvalue weighted by atomic mass is 10.2. The Labute approximate surface area is 141 Å². The van der Waals surface area contributed by atoms with Crippen LogP contribution in [0.25, 0.3) is 0 Å². The molecular weight excluding hydrogens is 396 g/mol. The minimum atomic E-state index is -0.334. The van der Waals surface area contributed by atoms with Crippen molar-refractivity contribution < 1.29 is 4.79 Å². The average molecular weight is 412 g/mol. The summed E-state index contributed by atoms with van der Waals surface area (Å²) in [5, 5.41) is 6.08. The summed E-state index contributed by atoms with van der Waals surface area (Å²) in [7, 11) is 0. The second kappa shape index (κ2) is 7.09. The van der Waals surface area contributed by atoms with Gasteiger partial charge in [-0.1, -0.05) is 22.0 Å². The van der Waals surface area contributed by atoms with Crippen molar-refractivity contribution in [1.82, 2.24) is 0 Å². The summed E-state index contributed by atoms with van der Waals surface area (Å²) >= 11 is 6.85. The predicted molar refractivity (Wildman–Crippen MR) is 94.7 cm³/mol. The van der Waals surface area contributed by atoms with Gasteiger partial charge in [0.05, 0.1) is 5.69 Å². The lowest BCUT2D eigenvalue weighted by molar-refractivity contribution is -0.116. The molecule has 0 aliphatic carbocycles. The first-order valence-electron chi connectivity index (χ1n) is 6.55. The van der Waals surface area contributed by atoms with E-state index in [0.717, 1.165) is 25.9 Å². The summed E-state index contributed by atoms with van der Waals surface area (Å²) in [5.41, 5.74) is 2.82. The van der Waals surface area contributed by atoms with Gasteiger partial charge in [-0.15, -0.1) is 0 Å². The molecule has 2 aromatic carbocycles. The highest BCUT2D eigenvalue weighted by atomic mass is 79.9. The Balaban J connectivity index is 2.00. The van der Waals surface area contributed by atoms with Gasteiger partial charge in [0.25, 0.3) is 0 Å². The Bertz CT molecular complexity index is 641. The summed E-state index contributed by atoms with van der Waals surface area (Å²) in [6.07, 6.45) is 0. The molecule has 5 heteroatoms. The highest BCUT2D eigenvalue weighted by molar-refractivity contribution is 9.10. The first-order valence-corrected chi connectivity index (χ1v) is 8.13. The lowest BCUT2D eigenvalue weighted by Crippen LogP contribution is -2.31. The molecule has 0 aliphatic heterocycles. The number of benzene rings is 2. The van der Waals surface area contributed by atoms with Gasteiger partial charge >= 0.3 is 0 Å². The Kier molecular flexibility index (Phi) is 5.42. The fraction of sp³-hybridized carbons (Fsp3) is 0.188. The fourth-order valence-electron chi connectivity index (χ4n) is 1.82. The van der Waals surface area contributed by atoms with Crippen LogP contribution in [0.15, 0.2) is 51.4 Å². The molecule has 21 heavy (non-hydrogen) atoms. The number of aryl methyl sites for hydroxylation is 1. The van der Waals surface area contributed by atoms with Crippen LogP contribution >= 0.6 is 31.9 Å². The van der Waals surface area contributed by atoms with E-state index in [0.29, 0.717) is 0 Å². The maximum atomic E-state index is 12.2. The number of hydrogen-bond donors (Lipinski definition) is 2. The van der Waals surface area contributed by atoms with Gasteiger partial charge in [0.15, 0.2) is 0 Å². The van der Waals surface area contributed by atoms with Crippen LogP contribution in [0.3, 0.4) is 0 Å². The summed E-state index contributed by atoms with van der Waals surface area (Å²) in [4.78, 5) is 12.2. The summed E-state index contributed by atoms with van der Waals surface area (Å²) in [6.45, 7) is 3.84. The van der Waals surface area contributed by atoms with Gasteiger partial charge in [0.1, 0.15) is 6.04 Å². The van der Waals surface area contributed by atoms with Crippen LogP contribution in [-0.4, -0.2) is 11.9 Å². The molecule has 2 aromatic rings. The molecule has 1 unspecified atom stereocenters. The molecule has 1 amide bonds. The van der Waals surface area contributed by atoms with Crippen molar-refractivity contribution in [2.75, 3.05) is 10.6 Å². The summed E-state index contributed by atoms with van der Waals surface area (Å²) in [6, 6.07) is 13.2.